The highest BCUT2D eigenvalue weighted by atomic mass is 19.4. The van der Waals surface area contributed by atoms with Gasteiger partial charge in [0, 0.05) is 35.9 Å². The summed E-state index contributed by atoms with van der Waals surface area (Å²) >= 11 is 0. The van der Waals surface area contributed by atoms with Crippen LogP contribution in [0.5, 0.6) is 0 Å². The van der Waals surface area contributed by atoms with Crippen LogP contribution in [0, 0.1) is 0 Å². The van der Waals surface area contributed by atoms with Crippen molar-refractivity contribution in [1.82, 2.24) is 14.9 Å². The van der Waals surface area contributed by atoms with Gasteiger partial charge in [-0.3, -0.25) is 9.59 Å². The van der Waals surface area contributed by atoms with Gasteiger partial charge in [0.25, 0.3) is 5.56 Å². The lowest BCUT2D eigenvalue weighted by molar-refractivity contribution is -0.150. The van der Waals surface area contributed by atoms with E-state index in [1.54, 1.807) is 0 Å². The van der Waals surface area contributed by atoms with Crippen molar-refractivity contribution in [1.29, 1.82) is 0 Å². The number of fused-ring (bicyclic) bond motifs is 2. The molecule has 0 aromatic carbocycles. The topological polar surface area (TPSA) is 66.1 Å². The van der Waals surface area contributed by atoms with E-state index in [1.165, 1.54) is 4.90 Å². The molecule has 0 bridgehead atoms. The third kappa shape index (κ3) is 4.04. The highest BCUT2D eigenvalue weighted by Crippen LogP contribution is 2.43. The Morgan fingerprint density at radius 2 is 1.96 bits per heavy atom. The largest absolute Gasteiger partial charge is 0.389 e. The first-order valence-electron chi connectivity index (χ1n) is 9.40. The van der Waals surface area contributed by atoms with E-state index in [0.29, 0.717) is 43.7 Å². The number of rotatable bonds is 2. The fourth-order valence-electron chi connectivity index (χ4n) is 4.16. The number of piperidine rings is 1. The number of halogens is 3. The molecule has 0 radical (unpaired) electrons. The van der Waals surface area contributed by atoms with E-state index >= 15 is 0 Å². The quantitative estimate of drug-likeness (QED) is 0.850. The van der Waals surface area contributed by atoms with Gasteiger partial charge in [0.15, 0.2) is 0 Å². The minimum Gasteiger partial charge on any atom is -0.342 e. The third-order valence-electron chi connectivity index (χ3n) is 5.63. The number of nitrogens with zero attached hydrogens (tertiary/aromatic N) is 2. The summed E-state index contributed by atoms with van der Waals surface area (Å²) in [5, 5.41) is 0. The fraction of sp³-hybridized carbons (Fsp3) is 0.737. The van der Waals surface area contributed by atoms with E-state index in [1.807, 2.05) is 20.8 Å². The van der Waals surface area contributed by atoms with Crippen molar-refractivity contribution < 1.29 is 18.0 Å². The average molecular weight is 385 g/mol. The van der Waals surface area contributed by atoms with Crippen LogP contribution >= 0.6 is 0 Å². The number of aromatic nitrogens is 2. The lowest BCUT2D eigenvalue weighted by Crippen LogP contribution is -2.48. The molecule has 1 fully saturated rings. The van der Waals surface area contributed by atoms with Crippen LogP contribution in [0.1, 0.15) is 70.0 Å². The van der Waals surface area contributed by atoms with Crippen LogP contribution in [-0.2, 0) is 22.0 Å². The zero-order valence-electron chi connectivity index (χ0n) is 16.0. The summed E-state index contributed by atoms with van der Waals surface area (Å²) < 4.78 is 37.4. The molecule has 1 N–H and O–H groups in total. The third-order valence-corrected chi connectivity index (χ3v) is 5.63. The molecule has 1 spiro atoms. The highest BCUT2D eigenvalue weighted by Gasteiger charge is 2.46. The summed E-state index contributed by atoms with van der Waals surface area (Å²) in [6.45, 7) is 6.70. The average Bonchev–Trinajstić information content (AvgIpc) is 2.90. The van der Waals surface area contributed by atoms with Crippen molar-refractivity contribution in [2.24, 2.45) is 0 Å². The number of carbonyl (C=O) groups excluding carboxylic acids is 1. The van der Waals surface area contributed by atoms with E-state index < -0.39 is 30.3 Å². The summed E-state index contributed by atoms with van der Waals surface area (Å²) in [5.41, 5.74) is 0.518. The number of likely N-dealkylation sites (tertiary alicyclic amines) is 1. The predicted molar refractivity (Wildman–Crippen MR) is 94.7 cm³/mol. The molecule has 1 aliphatic heterocycles. The van der Waals surface area contributed by atoms with Gasteiger partial charge in [-0.1, -0.05) is 20.8 Å². The molecular weight excluding hydrogens is 359 g/mol. The van der Waals surface area contributed by atoms with Crippen molar-refractivity contribution in [3.63, 3.8) is 0 Å². The van der Waals surface area contributed by atoms with Crippen molar-refractivity contribution in [3.05, 3.63) is 27.4 Å². The van der Waals surface area contributed by atoms with Crippen LogP contribution in [0.4, 0.5) is 13.2 Å². The molecule has 150 valence electrons. The molecule has 1 aromatic heterocycles. The Kier molecular flexibility index (Phi) is 4.89. The van der Waals surface area contributed by atoms with Gasteiger partial charge in [0.1, 0.15) is 5.82 Å². The number of aromatic amines is 1. The van der Waals surface area contributed by atoms with Crippen LogP contribution in [0.3, 0.4) is 0 Å². The number of nitrogens with one attached hydrogen (secondary N) is 1. The standard InChI is InChI=1S/C19H26F3N3O2/c1-17(2,3)16-23-14-12(15(27)24-16)5-8-18(14)7-4-10-25(11-18)13(26)6-9-19(20,21)22/h4-11H2,1-3H3,(H,23,24,27). The predicted octanol–water partition coefficient (Wildman–Crippen LogP) is 3.22. The number of hydrogen-bond acceptors (Lipinski definition) is 3. The maximum atomic E-state index is 12.5. The first-order chi connectivity index (χ1) is 12.4. The molecule has 27 heavy (non-hydrogen) atoms. The molecule has 1 amide bonds. The van der Waals surface area contributed by atoms with Crippen molar-refractivity contribution >= 4 is 5.91 Å². The number of hydrogen-bond donors (Lipinski definition) is 1. The van der Waals surface area contributed by atoms with Gasteiger partial charge in [-0.25, -0.2) is 4.98 Å². The van der Waals surface area contributed by atoms with Gasteiger partial charge in [-0.05, 0) is 25.7 Å². The minimum absolute atomic E-state index is 0.137. The SMILES string of the molecule is CC(C)(C)c1nc2c(c(=O)[nH]1)CCC21CCCN(C(=O)CCC(F)(F)F)C1. The maximum Gasteiger partial charge on any atom is 0.389 e. The summed E-state index contributed by atoms with van der Waals surface area (Å²) in [7, 11) is 0. The summed E-state index contributed by atoms with van der Waals surface area (Å²) in [4.78, 5) is 34.0. The second-order valence-corrected chi connectivity index (χ2v) is 8.81. The molecule has 1 saturated heterocycles. The molecule has 1 aliphatic carbocycles. The first kappa shape index (κ1) is 19.9. The molecule has 1 unspecified atom stereocenters. The summed E-state index contributed by atoms with van der Waals surface area (Å²) in [6.07, 6.45) is -3.17. The Morgan fingerprint density at radius 3 is 2.59 bits per heavy atom. The molecule has 3 rings (SSSR count). The van der Waals surface area contributed by atoms with Gasteiger partial charge in [0.05, 0.1) is 12.1 Å². The second kappa shape index (κ2) is 6.63. The van der Waals surface area contributed by atoms with E-state index in [4.69, 9.17) is 4.98 Å². The van der Waals surface area contributed by atoms with Gasteiger partial charge in [-0.2, -0.15) is 13.2 Å². The first-order valence-corrected chi connectivity index (χ1v) is 9.40. The Balaban J connectivity index is 1.87. The van der Waals surface area contributed by atoms with E-state index in [0.717, 1.165) is 12.1 Å². The number of amides is 1. The van der Waals surface area contributed by atoms with Gasteiger partial charge < -0.3 is 9.88 Å². The molecular formula is C19H26F3N3O2. The minimum atomic E-state index is -4.33. The Morgan fingerprint density at radius 1 is 1.26 bits per heavy atom. The monoisotopic (exact) mass is 385 g/mol. The molecule has 0 saturated carbocycles. The fourth-order valence-corrected chi connectivity index (χ4v) is 4.16. The van der Waals surface area contributed by atoms with Crippen molar-refractivity contribution in [2.75, 3.05) is 13.1 Å². The molecule has 2 heterocycles. The van der Waals surface area contributed by atoms with Gasteiger partial charge >= 0.3 is 6.18 Å². The molecule has 5 nitrogen and oxygen atoms in total. The number of H-pyrrole nitrogens is 1. The van der Waals surface area contributed by atoms with E-state index in [9.17, 15) is 22.8 Å². The normalized spacial score (nSPS) is 23.0. The molecule has 8 heteroatoms. The Bertz CT molecular complexity index is 795. The Labute approximate surface area is 156 Å². The Hall–Kier alpha value is -1.86. The molecule has 2 aliphatic rings. The number of carbonyl (C=O) groups is 1. The highest BCUT2D eigenvalue weighted by molar-refractivity contribution is 5.76. The summed E-state index contributed by atoms with van der Waals surface area (Å²) in [5.74, 6) is 0.133. The second-order valence-electron chi connectivity index (χ2n) is 8.81. The van der Waals surface area contributed by atoms with Crippen LogP contribution in [0.15, 0.2) is 4.79 Å². The van der Waals surface area contributed by atoms with Crippen LogP contribution in [0.2, 0.25) is 0 Å². The van der Waals surface area contributed by atoms with E-state index in [2.05, 4.69) is 4.98 Å². The van der Waals surface area contributed by atoms with Gasteiger partial charge in [-0.15, -0.1) is 0 Å². The van der Waals surface area contributed by atoms with Crippen LogP contribution < -0.4 is 5.56 Å². The maximum absolute atomic E-state index is 12.5. The molecule has 1 aromatic rings. The zero-order chi connectivity index (χ0) is 20.0. The smallest absolute Gasteiger partial charge is 0.342 e. The zero-order valence-corrected chi connectivity index (χ0v) is 16.0. The van der Waals surface area contributed by atoms with Crippen molar-refractivity contribution in [3.8, 4) is 0 Å². The van der Waals surface area contributed by atoms with E-state index in [-0.39, 0.29) is 11.0 Å². The van der Waals surface area contributed by atoms with Gasteiger partial charge in [0.2, 0.25) is 5.91 Å². The van der Waals surface area contributed by atoms with Crippen LogP contribution in [0.25, 0.3) is 0 Å². The lowest BCUT2D eigenvalue weighted by atomic mass is 9.77. The number of alkyl halides is 3. The summed E-state index contributed by atoms with van der Waals surface area (Å²) in [6, 6.07) is 0. The molecule has 1 atom stereocenters. The van der Waals surface area contributed by atoms with Crippen LogP contribution in [-0.4, -0.2) is 40.0 Å². The van der Waals surface area contributed by atoms with Crippen molar-refractivity contribution in [2.45, 2.75) is 76.3 Å². The lowest BCUT2D eigenvalue weighted by Gasteiger charge is -2.41.